The van der Waals surface area contributed by atoms with Crippen molar-refractivity contribution in [2.75, 3.05) is 18.5 Å². The van der Waals surface area contributed by atoms with Gasteiger partial charge in [-0.2, -0.15) is 0 Å². The number of carbonyl (C=O) groups is 1. The summed E-state index contributed by atoms with van der Waals surface area (Å²) in [5, 5.41) is 14.9. The number of ether oxygens (including phenoxy) is 1. The number of halogens is 1. The normalized spacial score (nSPS) is 22.1. The van der Waals surface area contributed by atoms with Crippen molar-refractivity contribution in [3.05, 3.63) is 24.0 Å². The largest absolute Gasteiger partial charge is 0.465 e. The van der Waals surface area contributed by atoms with Crippen LogP contribution in [-0.2, 0) is 4.74 Å². The van der Waals surface area contributed by atoms with Crippen LogP contribution >= 0.6 is 11.3 Å². The van der Waals surface area contributed by atoms with Gasteiger partial charge in [-0.25, -0.2) is 14.2 Å². The first kappa shape index (κ1) is 13.1. The first-order valence-corrected chi connectivity index (χ1v) is 6.83. The summed E-state index contributed by atoms with van der Waals surface area (Å²) in [4.78, 5) is 15.0. The predicted octanol–water partition coefficient (Wildman–Crippen LogP) is 1.88. The molecule has 0 bridgehead atoms. The molecule has 20 heavy (non-hydrogen) atoms. The monoisotopic (exact) mass is 297 g/mol. The van der Waals surface area contributed by atoms with Crippen LogP contribution in [0.25, 0.3) is 10.2 Å². The van der Waals surface area contributed by atoms with Gasteiger partial charge in [0, 0.05) is 0 Å². The number of nitrogens with one attached hydrogen (secondary N) is 2. The molecule has 1 aliphatic heterocycles. The van der Waals surface area contributed by atoms with Crippen LogP contribution in [0, 0.1) is 5.82 Å². The summed E-state index contributed by atoms with van der Waals surface area (Å²) in [7, 11) is 0. The van der Waals surface area contributed by atoms with Gasteiger partial charge in [-0.05, 0) is 18.2 Å². The van der Waals surface area contributed by atoms with Gasteiger partial charge in [-0.15, -0.1) is 0 Å². The molecule has 2 aromatic rings. The number of hydrogen-bond acceptors (Lipinski definition) is 5. The number of benzene rings is 1. The molecule has 0 aliphatic carbocycles. The first-order valence-electron chi connectivity index (χ1n) is 6.01. The third-order valence-electron chi connectivity index (χ3n) is 3.05. The van der Waals surface area contributed by atoms with E-state index in [2.05, 4.69) is 15.6 Å². The first-order chi connectivity index (χ1) is 9.61. The van der Waals surface area contributed by atoms with E-state index in [1.165, 1.54) is 23.5 Å². The highest BCUT2D eigenvalue weighted by atomic mass is 32.1. The number of carboxylic acid groups (broad SMARTS) is 1. The van der Waals surface area contributed by atoms with Gasteiger partial charge in [0.1, 0.15) is 5.82 Å². The van der Waals surface area contributed by atoms with Gasteiger partial charge in [0.05, 0.1) is 35.5 Å². The van der Waals surface area contributed by atoms with Crippen LogP contribution in [0.5, 0.6) is 0 Å². The zero-order valence-corrected chi connectivity index (χ0v) is 11.1. The van der Waals surface area contributed by atoms with Crippen LogP contribution in [0.15, 0.2) is 18.2 Å². The lowest BCUT2D eigenvalue weighted by molar-refractivity contribution is 0.175. The maximum absolute atomic E-state index is 13.1. The Morgan fingerprint density at radius 1 is 1.45 bits per heavy atom. The Bertz CT molecular complexity index is 648. The summed E-state index contributed by atoms with van der Waals surface area (Å²) < 4.78 is 19.1. The number of hydrogen-bond donors (Lipinski definition) is 3. The van der Waals surface area contributed by atoms with Crippen molar-refractivity contribution in [3.63, 3.8) is 0 Å². The quantitative estimate of drug-likeness (QED) is 0.805. The Morgan fingerprint density at radius 2 is 2.25 bits per heavy atom. The number of thiazole rings is 1. The van der Waals surface area contributed by atoms with Crippen LogP contribution in [0.2, 0.25) is 0 Å². The van der Waals surface area contributed by atoms with Crippen LogP contribution in [0.3, 0.4) is 0 Å². The van der Waals surface area contributed by atoms with Crippen molar-refractivity contribution < 1.29 is 19.0 Å². The lowest BCUT2D eigenvalue weighted by Gasteiger charge is -2.17. The topological polar surface area (TPSA) is 83.5 Å². The van der Waals surface area contributed by atoms with E-state index in [0.29, 0.717) is 23.9 Å². The van der Waals surface area contributed by atoms with Crippen LogP contribution < -0.4 is 10.6 Å². The zero-order valence-electron chi connectivity index (χ0n) is 10.3. The minimum Gasteiger partial charge on any atom is -0.465 e. The number of anilines is 1. The minimum absolute atomic E-state index is 0.184. The fourth-order valence-electron chi connectivity index (χ4n) is 2.12. The fraction of sp³-hybridized carbons (Fsp3) is 0.333. The van der Waals surface area contributed by atoms with E-state index in [0.717, 1.165) is 4.70 Å². The fourth-order valence-corrected chi connectivity index (χ4v) is 3.07. The highest BCUT2D eigenvalue weighted by Gasteiger charge is 2.30. The smallest absolute Gasteiger partial charge is 0.405 e. The van der Waals surface area contributed by atoms with E-state index in [-0.39, 0.29) is 17.9 Å². The van der Waals surface area contributed by atoms with Crippen molar-refractivity contribution in [3.8, 4) is 0 Å². The summed E-state index contributed by atoms with van der Waals surface area (Å²) in [5.74, 6) is -0.303. The molecule has 0 radical (unpaired) electrons. The Morgan fingerprint density at radius 3 is 3.05 bits per heavy atom. The van der Waals surface area contributed by atoms with Crippen molar-refractivity contribution in [2.45, 2.75) is 12.1 Å². The standard InChI is InChI=1S/C12H12FN3O3S/c13-6-1-2-7-10(3-6)20-11(14-7)15-8-4-19-5-9(8)16-12(17)18/h1-3,8-9,16H,4-5H2,(H,14,15)(H,17,18). The molecule has 8 heteroatoms. The maximum atomic E-state index is 13.1. The summed E-state index contributed by atoms with van der Waals surface area (Å²) >= 11 is 1.33. The lowest BCUT2D eigenvalue weighted by Crippen LogP contribution is -2.45. The van der Waals surface area contributed by atoms with Gasteiger partial charge >= 0.3 is 6.09 Å². The molecule has 106 valence electrons. The molecule has 2 heterocycles. The molecule has 1 aromatic carbocycles. The van der Waals surface area contributed by atoms with Gasteiger partial charge in [0.15, 0.2) is 5.13 Å². The van der Waals surface area contributed by atoms with Crippen molar-refractivity contribution in [1.82, 2.24) is 10.3 Å². The molecule has 1 amide bonds. The number of aromatic nitrogens is 1. The van der Waals surface area contributed by atoms with Gasteiger partial charge in [0.2, 0.25) is 0 Å². The molecular formula is C12H12FN3O3S. The maximum Gasteiger partial charge on any atom is 0.405 e. The molecule has 2 atom stereocenters. The second-order valence-electron chi connectivity index (χ2n) is 4.48. The molecular weight excluding hydrogens is 285 g/mol. The number of rotatable bonds is 3. The Hall–Kier alpha value is -1.93. The minimum atomic E-state index is -1.08. The van der Waals surface area contributed by atoms with Crippen LogP contribution in [-0.4, -0.2) is 41.5 Å². The Kier molecular flexibility index (Phi) is 3.41. The summed E-state index contributed by atoms with van der Waals surface area (Å²) in [5.41, 5.74) is 0.709. The summed E-state index contributed by atoms with van der Waals surface area (Å²) in [6.45, 7) is 0.721. The van der Waals surface area contributed by atoms with Gasteiger partial charge < -0.3 is 20.5 Å². The molecule has 1 fully saturated rings. The van der Waals surface area contributed by atoms with E-state index in [9.17, 15) is 9.18 Å². The number of nitrogens with zero attached hydrogens (tertiary/aromatic N) is 1. The second-order valence-corrected chi connectivity index (χ2v) is 5.51. The molecule has 3 rings (SSSR count). The van der Waals surface area contributed by atoms with E-state index in [1.54, 1.807) is 6.07 Å². The average molecular weight is 297 g/mol. The van der Waals surface area contributed by atoms with Crippen molar-refractivity contribution >= 4 is 32.8 Å². The molecule has 3 N–H and O–H groups in total. The third-order valence-corrected chi connectivity index (χ3v) is 4.00. The van der Waals surface area contributed by atoms with Gasteiger partial charge in [-0.1, -0.05) is 11.3 Å². The molecule has 0 spiro atoms. The van der Waals surface area contributed by atoms with E-state index in [4.69, 9.17) is 9.84 Å². The molecule has 0 saturated carbocycles. The number of amides is 1. The third kappa shape index (κ3) is 2.66. The van der Waals surface area contributed by atoms with Crippen molar-refractivity contribution in [2.24, 2.45) is 0 Å². The highest BCUT2D eigenvalue weighted by Crippen LogP contribution is 2.27. The zero-order chi connectivity index (χ0) is 14.1. The molecule has 2 unspecified atom stereocenters. The van der Waals surface area contributed by atoms with E-state index in [1.807, 2.05) is 0 Å². The molecule has 6 nitrogen and oxygen atoms in total. The number of fused-ring (bicyclic) bond motifs is 1. The molecule has 1 saturated heterocycles. The molecule has 1 aromatic heterocycles. The predicted molar refractivity (Wildman–Crippen MR) is 72.8 cm³/mol. The summed E-state index contributed by atoms with van der Waals surface area (Å²) in [6, 6.07) is 3.90. The van der Waals surface area contributed by atoms with Gasteiger partial charge in [0.25, 0.3) is 0 Å². The van der Waals surface area contributed by atoms with Crippen LogP contribution in [0.1, 0.15) is 0 Å². The highest BCUT2D eigenvalue weighted by molar-refractivity contribution is 7.22. The van der Waals surface area contributed by atoms with E-state index < -0.39 is 6.09 Å². The van der Waals surface area contributed by atoms with Gasteiger partial charge in [-0.3, -0.25) is 0 Å². The van der Waals surface area contributed by atoms with Crippen LogP contribution in [0.4, 0.5) is 14.3 Å². The SMILES string of the molecule is O=C(O)NC1COCC1Nc1nc2ccc(F)cc2s1. The average Bonchev–Trinajstić information content (AvgIpc) is 2.95. The Labute approximate surface area is 117 Å². The Balaban J connectivity index is 1.76. The second kappa shape index (κ2) is 5.22. The molecule has 1 aliphatic rings. The van der Waals surface area contributed by atoms with Crippen molar-refractivity contribution in [1.29, 1.82) is 0 Å². The lowest BCUT2D eigenvalue weighted by atomic mass is 10.2. The van der Waals surface area contributed by atoms with E-state index >= 15 is 0 Å². The summed E-state index contributed by atoms with van der Waals surface area (Å²) in [6.07, 6.45) is -1.08.